The summed E-state index contributed by atoms with van der Waals surface area (Å²) < 4.78 is 9.33. The zero-order valence-electron chi connectivity index (χ0n) is 33.2. The molecule has 0 spiro atoms. The van der Waals surface area contributed by atoms with E-state index in [4.69, 9.17) is 14.4 Å². The zero-order chi connectivity index (χ0) is 41.0. The molecule has 4 aromatic heterocycles. The summed E-state index contributed by atoms with van der Waals surface area (Å²) in [6.07, 6.45) is 3.75. The molecule has 4 heterocycles. The number of furan rings is 1. The standard InChI is InChI=1S/C56H34N4OS/c1-3-12-37(13-4-1)48-32-49(60-56(59-48)40-28-22-35(23-29-40)41-33-57-55(58-34-41)39-14-5-2-6-15-39)38-26-24-36(25-27-38)42-30-31-44(52-47-17-7-9-20-50(47)61-53(42)52)46-19-11-18-45-43-16-8-10-21-51(43)62-54(45)46/h1-34H. The molecular weight excluding hydrogens is 777 g/mol. The van der Waals surface area contributed by atoms with E-state index in [-0.39, 0.29) is 0 Å². The number of para-hydroxylation sites is 1. The smallest absolute Gasteiger partial charge is 0.160 e. The fraction of sp³-hybridized carbons (Fsp3) is 0. The lowest BCUT2D eigenvalue weighted by Gasteiger charge is -2.12. The summed E-state index contributed by atoms with van der Waals surface area (Å²) in [5.41, 5.74) is 13.9. The summed E-state index contributed by atoms with van der Waals surface area (Å²) in [5.74, 6) is 1.36. The van der Waals surface area contributed by atoms with Gasteiger partial charge in [0, 0.05) is 82.3 Å². The first-order chi connectivity index (χ1) is 30.7. The van der Waals surface area contributed by atoms with Crippen LogP contribution < -0.4 is 0 Å². The van der Waals surface area contributed by atoms with E-state index in [1.807, 2.05) is 78.3 Å². The number of thiophene rings is 1. The van der Waals surface area contributed by atoms with E-state index in [0.717, 1.165) is 77.8 Å². The van der Waals surface area contributed by atoms with Gasteiger partial charge in [0.1, 0.15) is 11.2 Å². The van der Waals surface area contributed by atoms with Gasteiger partial charge in [-0.2, -0.15) is 0 Å². The molecule has 0 saturated heterocycles. The van der Waals surface area contributed by atoms with Crippen LogP contribution in [0.5, 0.6) is 0 Å². The Morgan fingerprint density at radius 3 is 1.69 bits per heavy atom. The second-order valence-electron chi connectivity index (χ2n) is 15.4. The third kappa shape index (κ3) is 6.24. The molecular formula is C56H34N4OS. The van der Waals surface area contributed by atoms with Crippen molar-refractivity contribution in [3.05, 3.63) is 207 Å². The molecule has 5 nitrogen and oxygen atoms in total. The number of hydrogen-bond acceptors (Lipinski definition) is 6. The number of rotatable bonds is 7. The Hall–Kier alpha value is -8.06. The van der Waals surface area contributed by atoms with Crippen LogP contribution >= 0.6 is 11.3 Å². The molecule has 62 heavy (non-hydrogen) atoms. The predicted octanol–water partition coefficient (Wildman–Crippen LogP) is 15.2. The van der Waals surface area contributed by atoms with Gasteiger partial charge in [-0.1, -0.05) is 170 Å². The van der Waals surface area contributed by atoms with Crippen LogP contribution in [0.2, 0.25) is 0 Å². The highest BCUT2D eigenvalue weighted by Crippen LogP contribution is 2.46. The maximum absolute atomic E-state index is 6.75. The minimum absolute atomic E-state index is 0.654. The average molecular weight is 811 g/mol. The van der Waals surface area contributed by atoms with Crippen molar-refractivity contribution >= 4 is 53.4 Å². The minimum atomic E-state index is 0.654. The Balaban J connectivity index is 0.918. The molecule has 290 valence electrons. The van der Waals surface area contributed by atoms with Gasteiger partial charge in [0.2, 0.25) is 0 Å². The van der Waals surface area contributed by atoms with E-state index in [2.05, 4.69) is 149 Å². The Labute approximate surface area is 361 Å². The van der Waals surface area contributed by atoms with Crippen molar-refractivity contribution in [1.82, 2.24) is 19.9 Å². The lowest BCUT2D eigenvalue weighted by Crippen LogP contribution is -1.96. The largest absolute Gasteiger partial charge is 0.455 e. The molecule has 0 bridgehead atoms. The van der Waals surface area contributed by atoms with E-state index >= 15 is 0 Å². The Bertz CT molecular complexity index is 3600. The van der Waals surface area contributed by atoms with Crippen molar-refractivity contribution in [3.63, 3.8) is 0 Å². The van der Waals surface area contributed by atoms with Gasteiger partial charge in [-0.05, 0) is 41.0 Å². The summed E-state index contributed by atoms with van der Waals surface area (Å²) in [7, 11) is 0. The highest BCUT2D eigenvalue weighted by atomic mass is 32.1. The molecule has 0 aliphatic heterocycles. The Kier molecular flexibility index (Phi) is 8.61. The normalized spacial score (nSPS) is 11.5. The van der Waals surface area contributed by atoms with Crippen LogP contribution in [-0.4, -0.2) is 19.9 Å². The first kappa shape index (κ1) is 35.8. The van der Waals surface area contributed by atoms with E-state index in [0.29, 0.717) is 11.6 Å². The monoisotopic (exact) mass is 810 g/mol. The van der Waals surface area contributed by atoms with Gasteiger partial charge in [0.25, 0.3) is 0 Å². The summed E-state index contributed by atoms with van der Waals surface area (Å²) in [5, 5.41) is 4.81. The quantitative estimate of drug-likeness (QED) is 0.160. The van der Waals surface area contributed by atoms with Crippen molar-refractivity contribution in [2.75, 3.05) is 0 Å². The number of aromatic nitrogens is 4. The van der Waals surface area contributed by atoms with Crippen LogP contribution in [-0.2, 0) is 0 Å². The van der Waals surface area contributed by atoms with Gasteiger partial charge in [-0.25, -0.2) is 19.9 Å². The second kappa shape index (κ2) is 14.9. The highest BCUT2D eigenvalue weighted by Gasteiger charge is 2.20. The van der Waals surface area contributed by atoms with Crippen molar-refractivity contribution in [2.45, 2.75) is 0 Å². The van der Waals surface area contributed by atoms with Gasteiger partial charge < -0.3 is 4.42 Å². The van der Waals surface area contributed by atoms with Crippen LogP contribution in [0.25, 0.3) is 121 Å². The van der Waals surface area contributed by atoms with Crippen molar-refractivity contribution < 1.29 is 4.42 Å². The lowest BCUT2D eigenvalue weighted by molar-refractivity contribution is 0.670. The number of hydrogen-bond donors (Lipinski definition) is 0. The molecule has 0 atom stereocenters. The maximum atomic E-state index is 6.75. The molecule has 12 rings (SSSR count). The van der Waals surface area contributed by atoms with Crippen molar-refractivity contribution in [3.8, 4) is 78.7 Å². The predicted molar refractivity (Wildman–Crippen MR) is 256 cm³/mol. The molecule has 0 N–H and O–H groups in total. The lowest BCUT2D eigenvalue weighted by atomic mass is 9.93. The Morgan fingerprint density at radius 1 is 0.371 bits per heavy atom. The summed E-state index contributed by atoms with van der Waals surface area (Å²) in [6, 6.07) is 67.5. The van der Waals surface area contributed by atoms with Crippen molar-refractivity contribution in [2.24, 2.45) is 0 Å². The topological polar surface area (TPSA) is 64.7 Å². The van der Waals surface area contributed by atoms with Crippen LogP contribution in [0.1, 0.15) is 0 Å². The van der Waals surface area contributed by atoms with Gasteiger partial charge >= 0.3 is 0 Å². The van der Waals surface area contributed by atoms with E-state index < -0.39 is 0 Å². The van der Waals surface area contributed by atoms with E-state index in [1.54, 1.807) is 0 Å². The highest BCUT2D eigenvalue weighted by molar-refractivity contribution is 7.26. The molecule has 0 unspecified atom stereocenters. The van der Waals surface area contributed by atoms with Gasteiger partial charge in [-0.3, -0.25) is 0 Å². The molecule has 0 amide bonds. The van der Waals surface area contributed by atoms with E-state index in [9.17, 15) is 0 Å². The molecule has 0 radical (unpaired) electrons. The first-order valence-electron chi connectivity index (χ1n) is 20.6. The molecule has 0 fully saturated rings. The summed E-state index contributed by atoms with van der Waals surface area (Å²) in [6.45, 7) is 0. The second-order valence-corrected chi connectivity index (χ2v) is 16.4. The van der Waals surface area contributed by atoms with Crippen LogP contribution in [0.15, 0.2) is 211 Å². The third-order valence-corrected chi connectivity index (χ3v) is 12.9. The summed E-state index contributed by atoms with van der Waals surface area (Å²) in [4.78, 5) is 19.5. The minimum Gasteiger partial charge on any atom is -0.455 e. The molecule has 8 aromatic carbocycles. The number of benzene rings is 8. The molecule has 0 aliphatic carbocycles. The molecule has 6 heteroatoms. The van der Waals surface area contributed by atoms with Gasteiger partial charge in [-0.15, -0.1) is 11.3 Å². The SMILES string of the molecule is c1ccc(-c2cc(-c3ccc(-c4ccc(-c5cccc6c5sc5ccccc56)c5c4oc4ccccc45)cc3)nc(-c3ccc(-c4cnc(-c5ccccc5)nc4)cc3)n2)cc1. The van der Waals surface area contributed by atoms with Crippen molar-refractivity contribution in [1.29, 1.82) is 0 Å². The van der Waals surface area contributed by atoms with Crippen LogP contribution in [0.4, 0.5) is 0 Å². The maximum Gasteiger partial charge on any atom is 0.160 e. The van der Waals surface area contributed by atoms with E-state index in [1.165, 1.54) is 31.3 Å². The van der Waals surface area contributed by atoms with Crippen LogP contribution in [0.3, 0.4) is 0 Å². The third-order valence-electron chi connectivity index (χ3n) is 11.7. The van der Waals surface area contributed by atoms with Gasteiger partial charge in [0.15, 0.2) is 11.6 Å². The Morgan fingerprint density at radius 2 is 0.935 bits per heavy atom. The average Bonchev–Trinajstić information content (AvgIpc) is 3.94. The first-order valence-corrected chi connectivity index (χ1v) is 21.4. The number of fused-ring (bicyclic) bond motifs is 6. The molecule has 0 saturated carbocycles. The fourth-order valence-electron chi connectivity index (χ4n) is 8.57. The molecule has 0 aliphatic rings. The van der Waals surface area contributed by atoms with Crippen LogP contribution in [0, 0.1) is 0 Å². The zero-order valence-corrected chi connectivity index (χ0v) is 34.1. The fourth-order valence-corrected chi connectivity index (χ4v) is 9.80. The summed E-state index contributed by atoms with van der Waals surface area (Å²) >= 11 is 1.85. The van der Waals surface area contributed by atoms with Gasteiger partial charge in [0.05, 0.1) is 11.4 Å². The molecule has 12 aromatic rings. The number of nitrogens with zero attached hydrogens (tertiary/aromatic N) is 4.